The summed E-state index contributed by atoms with van der Waals surface area (Å²) in [7, 11) is 0. The number of benzene rings is 2. The van der Waals surface area contributed by atoms with E-state index in [0.29, 0.717) is 5.82 Å². The zero-order chi connectivity index (χ0) is 15.4. The number of anilines is 1. The molecule has 0 fully saturated rings. The number of hydrogen-bond donors (Lipinski definition) is 1. The van der Waals surface area contributed by atoms with Crippen LogP contribution in [0.3, 0.4) is 0 Å². The van der Waals surface area contributed by atoms with Crippen LogP contribution in [0.4, 0.5) is 11.5 Å². The largest absolute Gasteiger partial charge is 0.269 e. The van der Waals surface area contributed by atoms with Gasteiger partial charge in [0, 0.05) is 17.5 Å². The Morgan fingerprint density at radius 3 is 2.64 bits per heavy atom. The summed E-state index contributed by atoms with van der Waals surface area (Å²) < 4.78 is 0. The minimum atomic E-state index is -0.438. The highest BCUT2D eigenvalue weighted by Crippen LogP contribution is 2.18. The fourth-order valence-electron chi connectivity index (χ4n) is 1.94. The Hall–Kier alpha value is -3.35. The quantitative estimate of drug-likeness (QED) is 0.453. The van der Waals surface area contributed by atoms with Gasteiger partial charge in [0.05, 0.1) is 16.7 Å². The number of nitrogens with zero attached hydrogens (tertiary/aromatic N) is 4. The van der Waals surface area contributed by atoms with Crippen molar-refractivity contribution in [2.75, 3.05) is 5.43 Å². The van der Waals surface area contributed by atoms with Crippen molar-refractivity contribution in [1.82, 2.24) is 9.97 Å². The van der Waals surface area contributed by atoms with Crippen LogP contribution < -0.4 is 5.43 Å². The average molecular weight is 293 g/mol. The molecule has 0 aliphatic heterocycles. The highest BCUT2D eigenvalue weighted by atomic mass is 16.6. The third-order valence-corrected chi connectivity index (χ3v) is 3.03. The minimum Gasteiger partial charge on any atom is -0.261 e. The second-order valence-electron chi connectivity index (χ2n) is 4.46. The normalized spacial score (nSPS) is 10.9. The Morgan fingerprint density at radius 2 is 1.86 bits per heavy atom. The molecule has 1 aromatic heterocycles. The highest BCUT2D eigenvalue weighted by Gasteiger charge is 2.03. The van der Waals surface area contributed by atoms with Crippen LogP contribution in [0.25, 0.3) is 10.9 Å². The van der Waals surface area contributed by atoms with Gasteiger partial charge in [-0.05, 0) is 29.8 Å². The Balaban J connectivity index is 1.77. The number of para-hydroxylation sites is 1. The first-order valence-corrected chi connectivity index (χ1v) is 6.47. The molecule has 3 aromatic rings. The van der Waals surface area contributed by atoms with Crippen LogP contribution in [0.5, 0.6) is 0 Å². The van der Waals surface area contributed by atoms with Gasteiger partial charge in [0.25, 0.3) is 5.69 Å². The molecule has 0 radical (unpaired) electrons. The molecule has 0 spiro atoms. The van der Waals surface area contributed by atoms with E-state index >= 15 is 0 Å². The Labute approximate surface area is 125 Å². The maximum absolute atomic E-state index is 10.6. The third-order valence-electron chi connectivity index (χ3n) is 3.03. The van der Waals surface area contributed by atoms with Crippen LogP contribution in [0.15, 0.2) is 60.0 Å². The molecule has 0 saturated carbocycles. The van der Waals surface area contributed by atoms with Gasteiger partial charge in [-0.15, -0.1) is 0 Å². The molecule has 0 unspecified atom stereocenters. The number of nitro groups is 1. The van der Waals surface area contributed by atoms with Crippen LogP contribution in [-0.4, -0.2) is 21.1 Å². The first-order valence-electron chi connectivity index (χ1n) is 6.47. The van der Waals surface area contributed by atoms with Crippen molar-refractivity contribution in [2.45, 2.75) is 0 Å². The summed E-state index contributed by atoms with van der Waals surface area (Å²) >= 11 is 0. The van der Waals surface area contributed by atoms with E-state index < -0.39 is 4.92 Å². The van der Waals surface area contributed by atoms with Crippen LogP contribution in [0.1, 0.15) is 5.56 Å². The summed E-state index contributed by atoms with van der Waals surface area (Å²) in [5, 5.41) is 15.5. The van der Waals surface area contributed by atoms with Crippen LogP contribution in [0, 0.1) is 10.1 Å². The second-order valence-corrected chi connectivity index (χ2v) is 4.46. The lowest BCUT2D eigenvalue weighted by Crippen LogP contribution is -1.96. The molecule has 3 rings (SSSR count). The smallest absolute Gasteiger partial charge is 0.261 e. The zero-order valence-corrected chi connectivity index (χ0v) is 11.4. The van der Waals surface area contributed by atoms with Crippen LogP contribution in [0.2, 0.25) is 0 Å². The number of fused-ring (bicyclic) bond motifs is 1. The highest BCUT2D eigenvalue weighted by molar-refractivity contribution is 5.89. The standard InChI is InChI=1S/C15H11N5O2/c21-20(22)12-7-5-11(6-8-12)9-18-19-15-13-3-1-2-4-14(13)16-10-17-15/h1-10H,(H,16,17,19)/b18-9-. The van der Waals surface area contributed by atoms with E-state index in [1.165, 1.54) is 18.5 Å². The fourth-order valence-corrected chi connectivity index (χ4v) is 1.94. The van der Waals surface area contributed by atoms with Gasteiger partial charge in [0.2, 0.25) is 0 Å². The Kier molecular flexibility index (Phi) is 3.69. The minimum absolute atomic E-state index is 0.0481. The lowest BCUT2D eigenvalue weighted by atomic mass is 10.2. The predicted octanol–water partition coefficient (Wildman–Crippen LogP) is 2.98. The SMILES string of the molecule is O=[N+]([O-])c1ccc(/C=N\Nc2ncnc3ccccc23)cc1. The van der Waals surface area contributed by atoms with E-state index in [4.69, 9.17) is 0 Å². The molecule has 22 heavy (non-hydrogen) atoms. The molecule has 0 saturated heterocycles. The van der Waals surface area contributed by atoms with Gasteiger partial charge in [-0.3, -0.25) is 15.5 Å². The number of hydrazone groups is 1. The maximum atomic E-state index is 10.6. The van der Waals surface area contributed by atoms with Gasteiger partial charge in [-0.1, -0.05) is 12.1 Å². The van der Waals surface area contributed by atoms with Crippen molar-refractivity contribution in [3.63, 3.8) is 0 Å². The van der Waals surface area contributed by atoms with E-state index in [2.05, 4.69) is 20.5 Å². The lowest BCUT2D eigenvalue weighted by molar-refractivity contribution is -0.384. The third kappa shape index (κ3) is 2.88. The van der Waals surface area contributed by atoms with Crippen molar-refractivity contribution in [3.05, 3.63) is 70.5 Å². The van der Waals surface area contributed by atoms with E-state index in [9.17, 15) is 10.1 Å². The molecule has 1 heterocycles. The molecule has 0 amide bonds. The summed E-state index contributed by atoms with van der Waals surface area (Å²) in [5.41, 5.74) is 4.48. The fraction of sp³-hybridized carbons (Fsp3) is 0. The average Bonchev–Trinajstić information content (AvgIpc) is 2.55. The number of non-ortho nitro benzene ring substituents is 1. The van der Waals surface area contributed by atoms with Gasteiger partial charge < -0.3 is 0 Å². The monoisotopic (exact) mass is 293 g/mol. The van der Waals surface area contributed by atoms with Gasteiger partial charge >= 0.3 is 0 Å². The van der Waals surface area contributed by atoms with E-state index in [1.807, 2.05) is 24.3 Å². The Morgan fingerprint density at radius 1 is 1.09 bits per heavy atom. The van der Waals surface area contributed by atoms with Crippen LogP contribution in [-0.2, 0) is 0 Å². The van der Waals surface area contributed by atoms with Crippen molar-refractivity contribution >= 4 is 28.6 Å². The number of nitrogens with one attached hydrogen (secondary N) is 1. The molecule has 1 N–H and O–H groups in total. The molecule has 0 atom stereocenters. The van der Waals surface area contributed by atoms with E-state index in [0.717, 1.165) is 16.5 Å². The summed E-state index contributed by atoms with van der Waals surface area (Å²) in [6.07, 6.45) is 3.03. The summed E-state index contributed by atoms with van der Waals surface area (Å²) in [4.78, 5) is 18.5. The molecular formula is C15H11N5O2. The van der Waals surface area contributed by atoms with E-state index in [1.54, 1.807) is 18.3 Å². The summed E-state index contributed by atoms with van der Waals surface area (Å²) in [6, 6.07) is 13.7. The first kappa shape index (κ1) is 13.6. The van der Waals surface area contributed by atoms with Crippen molar-refractivity contribution in [3.8, 4) is 0 Å². The van der Waals surface area contributed by atoms with Crippen molar-refractivity contribution in [2.24, 2.45) is 5.10 Å². The molecule has 0 aliphatic carbocycles. The molecule has 7 nitrogen and oxygen atoms in total. The maximum Gasteiger partial charge on any atom is 0.269 e. The van der Waals surface area contributed by atoms with E-state index in [-0.39, 0.29) is 5.69 Å². The molecular weight excluding hydrogens is 282 g/mol. The number of aromatic nitrogens is 2. The number of hydrogen-bond acceptors (Lipinski definition) is 6. The molecule has 7 heteroatoms. The summed E-state index contributed by atoms with van der Waals surface area (Å²) in [5.74, 6) is 0.601. The molecule has 2 aromatic carbocycles. The van der Waals surface area contributed by atoms with Crippen LogP contribution >= 0.6 is 0 Å². The van der Waals surface area contributed by atoms with Gasteiger partial charge in [0.15, 0.2) is 5.82 Å². The zero-order valence-electron chi connectivity index (χ0n) is 11.4. The Bertz CT molecular complexity index is 841. The summed E-state index contributed by atoms with van der Waals surface area (Å²) in [6.45, 7) is 0. The number of rotatable bonds is 4. The topological polar surface area (TPSA) is 93.3 Å². The number of nitro benzene ring substituents is 1. The molecule has 108 valence electrons. The van der Waals surface area contributed by atoms with Crippen molar-refractivity contribution in [1.29, 1.82) is 0 Å². The first-order chi connectivity index (χ1) is 10.7. The predicted molar refractivity (Wildman–Crippen MR) is 83.9 cm³/mol. The van der Waals surface area contributed by atoms with Gasteiger partial charge in [0.1, 0.15) is 6.33 Å². The van der Waals surface area contributed by atoms with Crippen molar-refractivity contribution < 1.29 is 4.92 Å². The van der Waals surface area contributed by atoms with Gasteiger partial charge in [-0.2, -0.15) is 5.10 Å². The molecule has 0 bridgehead atoms. The second kappa shape index (κ2) is 5.96. The molecule has 0 aliphatic rings. The lowest BCUT2D eigenvalue weighted by Gasteiger charge is -2.03. The van der Waals surface area contributed by atoms with Gasteiger partial charge in [-0.25, -0.2) is 9.97 Å².